The van der Waals surface area contributed by atoms with Crippen molar-refractivity contribution in [3.63, 3.8) is 0 Å². The summed E-state index contributed by atoms with van der Waals surface area (Å²) in [6.07, 6.45) is 2.29. The number of methoxy groups -OCH3 is 1. The SMILES string of the molecule is CNc1cc(-c2ccc(OCC3CCNCC3)c(OC)c2)nc(N)n1. The van der Waals surface area contributed by atoms with Gasteiger partial charge in [-0.2, -0.15) is 4.98 Å². The zero-order valence-corrected chi connectivity index (χ0v) is 14.7. The second-order valence-electron chi connectivity index (χ2n) is 6.12. The Bertz CT molecular complexity index is 717. The Labute approximate surface area is 148 Å². The first-order valence-corrected chi connectivity index (χ1v) is 8.54. The number of rotatable bonds is 6. The molecule has 0 saturated carbocycles. The van der Waals surface area contributed by atoms with E-state index in [-0.39, 0.29) is 5.95 Å². The van der Waals surface area contributed by atoms with Crippen molar-refractivity contribution in [1.29, 1.82) is 0 Å². The summed E-state index contributed by atoms with van der Waals surface area (Å²) in [6.45, 7) is 2.84. The first-order valence-electron chi connectivity index (χ1n) is 8.54. The zero-order valence-electron chi connectivity index (χ0n) is 14.7. The molecule has 134 valence electrons. The van der Waals surface area contributed by atoms with E-state index < -0.39 is 0 Å². The molecule has 7 heteroatoms. The van der Waals surface area contributed by atoms with Crippen LogP contribution in [0.25, 0.3) is 11.3 Å². The molecule has 4 N–H and O–H groups in total. The monoisotopic (exact) mass is 343 g/mol. The summed E-state index contributed by atoms with van der Waals surface area (Å²) in [6, 6.07) is 7.65. The fourth-order valence-electron chi connectivity index (χ4n) is 2.94. The van der Waals surface area contributed by atoms with E-state index in [1.54, 1.807) is 14.2 Å². The number of nitrogens with two attached hydrogens (primary N) is 1. The summed E-state index contributed by atoms with van der Waals surface area (Å²) in [5.41, 5.74) is 7.42. The molecule has 1 fully saturated rings. The molecule has 0 atom stereocenters. The van der Waals surface area contributed by atoms with Crippen molar-refractivity contribution < 1.29 is 9.47 Å². The molecule has 0 bridgehead atoms. The Morgan fingerprint density at radius 1 is 1.20 bits per heavy atom. The smallest absolute Gasteiger partial charge is 0.222 e. The summed E-state index contributed by atoms with van der Waals surface area (Å²) >= 11 is 0. The van der Waals surface area contributed by atoms with Crippen LogP contribution in [0.4, 0.5) is 11.8 Å². The van der Waals surface area contributed by atoms with E-state index in [9.17, 15) is 0 Å². The number of nitrogen functional groups attached to an aromatic ring is 1. The number of aromatic nitrogens is 2. The minimum Gasteiger partial charge on any atom is -0.493 e. The van der Waals surface area contributed by atoms with Crippen molar-refractivity contribution in [3.8, 4) is 22.8 Å². The van der Waals surface area contributed by atoms with Crippen molar-refractivity contribution in [2.24, 2.45) is 5.92 Å². The minimum absolute atomic E-state index is 0.229. The molecule has 0 radical (unpaired) electrons. The molecule has 0 aliphatic carbocycles. The minimum atomic E-state index is 0.229. The summed E-state index contributed by atoms with van der Waals surface area (Å²) in [4.78, 5) is 8.41. The van der Waals surface area contributed by atoms with E-state index >= 15 is 0 Å². The van der Waals surface area contributed by atoms with Crippen LogP contribution in [0.5, 0.6) is 11.5 Å². The molecule has 25 heavy (non-hydrogen) atoms. The number of anilines is 2. The zero-order chi connectivity index (χ0) is 17.6. The van der Waals surface area contributed by atoms with Gasteiger partial charge in [0.15, 0.2) is 11.5 Å². The van der Waals surface area contributed by atoms with Gasteiger partial charge in [0.05, 0.1) is 19.4 Å². The van der Waals surface area contributed by atoms with Crippen LogP contribution in [0.3, 0.4) is 0 Å². The Kier molecular flexibility index (Phi) is 5.55. The van der Waals surface area contributed by atoms with Crippen LogP contribution >= 0.6 is 0 Å². The second kappa shape index (κ2) is 8.02. The predicted molar refractivity (Wildman–Crippen MR) is 99.1 cm³/mol. The third-order valence-electron chi connectivity index (χ3n) is 4.39. The van der Waals surface area contributed by atoms with Gasteiger partial charge in [-0.25, -0.2) is 4.98 Å². The first-order chi connectivity index (χ1) is 12.2. The van der Waals surface area contributed by atoms with Crippen LogP contribution in [0.1, 0.15) is 12.8 Å². The third kappa shape index (κ3) is 4.30. The summed E-state index contributed by atoms with van der Waals surface area (Å²) in [5.74, 6) is 2.93. The number of ether oxygens (including phenoxy) is 2. The highest BCUT2D eigenvalue weighted by Gasteiger charge is 2.15. The Morgan fingerprint density at radius 3 is 2.72 bits per heavy atom. The van der Waals surface area contributed by atoms with Gasteiger partial charge in [0.2, 0.25) is 5.95 Å². The Balaban J connectivity index is 1.78. The first kappa shape index (κ1) is 17.3. The van der Waals surface area contributed by atoms with Crippen LogP contribution < -0.4 is 25.8 Å². The van der Waals surface area contributed by atoms with E-state index in [2.05, 4.69) is 20.6 Å². The molecule has 0 amide bonds. The quantitative estimate of drug-likeness (QED) is 0.740. The summed E-state index contributed by atoms with van der Waals surface area (Å²) < 4.78 is 11.5. The molecule has 1 saturated heterocycles. The highest BCUT2D eigenvalue weighted by Crippen LogP contribution is 2.33. The van der Waals surface area contributed by atoms with E-state index in [1.807, 2.05) is 24.3 Å². The number of nitrogens with one attached hydrogen (secondary N) is 2. The average Bonchev–Trinajstić information content (AvgIpc) is 2.66. The summed E-state index contributed by atoms with van der Waals surface area (Å²) in [7, 11) is 3.44. The van der Waals surface area contributed by atoms with Crippen molar-refractivity contribution in [1.82, 2.24) is 15.3 Å². The maximum absolute atomic E-state index is 6.00. The van der Waals surface area contributed by atoms with Gasteiger partial charge in [-0.1, -0.05) is 0 Å². The van der Waals surface area contributed by atoms with Gasteiger partial charge in [-0.15, -0.1) is 0 Å². The van der Waals surface area contributed by atoms with Crippen LogP contribution in [0.15, 0.2) is 24.3 Å². The molecule has 2 heterocycles. The van der Waals surface area contributed by atoms with Gasteiger partial charge >= 0.3 is 0 Å². The maximum Gasteiger partial charge on any atom is 0.222 e. The Hall–Kier alpha value is -2.54. The highest BCUT2D eigenvalue weighted by molar-refractivity contribution is 5.67. The van der Waals surface area contributed by atoms with E-state index in [4.69, 9.17) is 15.2 Å². The van der Waals surface area contributed by atoms with Crippen molar-refractivity contribution >= 4 is 11.8 Å². The molecular formula is C18H25N5O2. The van der Waals surface area contributed by atoms with Crippen LogP contribution in [-0.4, -0.2) is 43.8 Å². The van der Waals surface area contributed by atoms with Crippen molar-refractivity contribution in [3.05, 3.63) is 24.3 Å². The van der Waals surface area contributed by atoms with Crippen molar-refractivity contribution in [2.75, 3.05) is 44.9 Å². The van der Waals surface area contributed by atoms with Crippen LogP contribution in [-0.2, 0) is 0 Å². The molecule has 0 unspecified atom stereocenters. The molecule has 2 aromatic rings. The largest absolute Gasteiger partial charge is 0.493 e. The van der Waals surface area contributed by atoms with Gasteiger partial charge < -0.3 is 25.8 Å². The number of hydrogen-bond donors (Lipinski definition) is 3. The Morgan fingerprint density at radius 2 is 2.00 bits per heavy atom. The lowest BCUT2D eigenvalue weighted by molar-refractivity contribution is 0.208. The molecule has 7 nitrogen and oxygen atoms in total. The summed E-state index contributed by atoms with van der Waals surface area (Å²) in [5, 5.41) is 6.35. The molecule has 3 rings (SSSR count). The fraction of sp³-hybridized carbons (Fsp3) is 0.444. The maximum atomic E-state index is 6.00. The van der Waals surface area contributed by atoms with Crippen LogP contribution in [0, 0.1) is 5.92 Å². The van der Waals surface area contributed by atoms with Crippen molar-refractivity contribution in [2.45, 2.75) is 12.8 Å². The van der Waals surface area contributed by atoms with Gasteiger partial charge in [0.25, 0.3) is 0 Å². The molecule has 1 aliphatic heterocycles. The number of hydrogen-bond acceptors (Lipinski definition) is 7. The standard InChI is InChI=1S/C18H25N5O2/c1-20-17-10-14(22-18(19)23-17)13-3-4-15(16(9-13)24-2)25-11-12-5-7-21-8-6-12/h3-4,9-10,12,21H,5-8,11H2,1-2H3,(H3,19,20,22,23). The van der Waals surface area contributed by atoms with Gasteiger partial charge in [-0.3, -0.25) is 0 Å². The van der Waals surface area contributed by atoms with E-state index in [1.165, 1.54) is 0 Å². The lowest BCUT2D eigenvalue weighted by Gasteiger charge is -2.23. The molecule has 0 spiro atoms. The topological polar surface area (TPSA) is 94.3 Å². The number of benzene rings is 1. The van der Waals surface area contributed by atoms with Gasteiger partial charge in [0, 0.05) is 18.7 Å². The lowest BCUT2D eigenvalue weighted by atomic mass is 9.99. The molecule has 1 aliphatic rings. The molecule has 1 aromatic carbocycles. The predicted octanol–water partition coefficient (Wildman–Crippen LogP) is 2.15. The molecule has 1 aromatic heterocycles. The lowest BCUT2D eigenvalue weighted by Crippen LogP contribution is -2.30. The normalized spacial score (nSPS) is 15.0. The number of nitrogens with zero attached hydrogens (tertiary/aromatic N) is 2. The van der Waals surface area contributed by atoms with E-state index in [0.29, 0.717) is 24.1 Å². The highest BCUT2D eigenvalue weighted by atomic mass is 16.5. The number of piperidine rings is 1. The fourth-order valence-corrected chi connectivity index (χ4v) is 2.94. The van der Waals surface area contributed by atoms with Crippen LogP contribution in [0.2, 0.25) is 0 Å². The average molecular weight is 343 g/mol. The van der Waals surface area contributed by atoms with Gasteiger partial charge in [0.1, 0.15) is 5.82 Å². The molecular weight excluding hydrogens is 318 g/mol. The third-order valence-corrected chi connectivity index (χ3v) is 4.39. The van der Waals surface area contributed by atoms with Gasteiger partial charge in [-0.05, 0) is 50.0 Å². The van der Waals surface area contributed by atoms with E-state index in [0.717, 1.165) is 42.9 Å². The second-order valence-corrected chi connectivity index (χ2v) is 6.12.